The van der Waals surface area contributed by atoms with Gasteiger partial charge in [0.25, 0.3) is 5.56 Å². The van der Waals surface area contributed by atoms with Crippen molar-refractivity contribution in [3.8, 4) is 0 Å². The predicted molar refractivity (Wildman–Crippen MR) is 70.0 cm³/mol. The van der Waals surface area contributed by atoms with Gasteiger partial charge in [-0.15, -0.1) is 0 Å². The number of hydrogen-bond acceptors (Lipinski definition) is 3. The molecule has 92 valence electrons. The molecule has 0 fully saturated rings. The first-order chi connectivity index (χ1) is 8.72. The Morgan fingerprint density at radius 3 is 3.06 bits per heavy atom. The van der Waals surface area contributed by atoms with Crippen molar-refractivity contribution in [1.82, 2.24) is 14.5 Å². The van der Waals surface area contributed by atoms with Crippen LogP contribution in [0.1, 0.15) is 0 Å². The summed E-state index contributed by atoms with van der Waals surface area (Å²) >= 11 is 6.12. The van der Waals surface area contributed by atoms with E-state index in [1.165, 1.54) is 10.9 Å². The summed E-state index contributed by atoms with van der Waals surface area (Å²) < 4.78 is 1.37. The lowest BCUT2D eigenvalue weighted by Gasteiger charge is -2.01. The molecule has 2 aromatic heterocycles. The van der Waals surface area contributed by atoms with Crippen LogP contribution < -0.4 is 5.56 Å². The Hall–Kier alpha value is -1.85. The van der Waals surface area contributed by atoms with Crippen molar-refractivity contribution in [1.29, 1.82) is 0 Å². The maximum absolute atomic E-state index is 12.1. The molecule has 0 amide bonds. The molecule has 0 aliphatic carbocycles. The van der Waals surface area contributed by atoms with Crippen LogP contribution in [0.5, 0.6) is 0 Å². The molecule has 0 aliphatic heterocycles. The number of aromatic amines is 1. The maximum atomic E-state index is 12.1. The van der Waals surface area contributed by atoms with Crippen molar-refractivity contribution in [3.05, 3.63) is 39.9 Å². The van der Waals surface area contributed by atoms with Gasteiger partial charge in [-0.1, -0.05) is 17.7 Å². The third kappa shape index (κ3) is 1.52. The van der Waals surface area contributed by atoms with Gasteiger partial charge in [-0.3, -0.25) is 9.36 Å². The van der Waals surface area contributed by atoms with Gasteiger partial charge < -0.3 is 10.1 Å². The minimum Gasteiger partial charge on any atom is -0.395 e. The van der Waals surface area contributed by atoms with Gasteiger partial charge in [-0.2, -0.15) is 0 Å². The Morgan fingerprint density at radius 2 is 2.28 bits per heavy atom. The Balaban J connectivity index is 2.44. The van der Waals surface area contributed by atoms with E-state index in [9.17, 15) is 4.79 Å². The number of aromatic nitrogens is 3. The van der Waals surface area contributed by atoms with E-state index in [1.807, 2.05) is 12.1 Å². The lowest BCUT2D eigenvalue weighted by Crippen LogP contribution is -2.22. The van der Waals surface area contributed by atoms with Crippen LogP contribution >= 0.6 is 11.6 Å². The molecule has 0 spiro atoms. The van der Waals surface area contributed by atoms with Gasteiger partial charge in [-0.05, 0) is 12.1 Å². The molecule has 0 radical (unpaired) electrons. The highest BCUT2D eigenvalue weighted by Gasteiger charge is 2.12. The van der Waals surface area contributed by atoms with Gasteiger partial charge in [0.1, 0.15) is 11.0 Å². The second kappa shape index (κ2) is 4.12. The van der Waals surface area contributed by atoms with Crippen LogP contribution in [0.4, 0.5) is 0 Å². The van der Waals surface area contributed by atoms with Crippen LogP contribution in [0.3, 0.4) is 0 Å². The minimum absolute atomic E-state index is 0.103. The highest BCUT2D eigenvalue weighted by atomic mass is 35.5. The van der Waals surface area contributed by atoms with Crippen molar-refractivity contribution in [2.45, 2.75) is 6.54 Å². The van der Waals surface area contributed by atoms with E-state index in [1.54, 1.807) is 6.07 Å². The molecule has 3 aromatic rings. The number of H-pyrrole nitrogens is 1. The number of hydrogen-bond donors (Lipinski definition) is 2. The summed E-state index contributed by atoms with van der Waals surface area (Å²) in [6.45, 7) is 0.124. The van der Waals surface area contributed by atoms with Crippen LogP contribution in [-0.4, -0.2) is 26.2 Å². The highest BCUT2D eigenvalue weighted by molar-refractivity contribution is 6.37. The van der Waals surface area contributed by atoms with E-state index >= 15 is 0 Å². The molecule has 3 rings (SSSR count). The van der Waals surface area contributed by atoms with E-state index < -0.39 is 0 Å². The van der Waals surface area contributed by atoms with Crippen LogP contribution in [0.15, 0.2) is 29.3 Å². The number of aliphatic hydroxyl groups excluding tert-OH is 1. The Bertz CT molecular complexity index is 791. The molecule has 0 atom stereocenters. The van der Waals surface area contributed by atoms with E-state index in [-0.39, 0.29) is 18.7 Å². The van der Waals surface area contributed by atoms with Crippen molar-refractivity contribution in [2.24, 2.45) is 0 Å². The smallest absolute Gasteiger partial charge is 0.277 e. The second-order valence-electron chi connectivity index (χ2n) is 3.98. The van der Waals surface area contributed by atoms with Crippen molar-refractivity contribution >= 4 is 33.5 Å². The molecule has 2 N–H and O–H groups in total. The number of nitrogens with one attached hydrogen (secondary N) is 1. The minimum atomic E-state index is -0.207. The number of benzene rings is 1. The van der Waals surface area contributed by atoms with Crippen LogP contribution in [0, 0.1) is 0 Å². The molecule has 1 aromatic carbocycles. The van der Waals surface area contributed by atoms with Crippen molar-refractivity contribution < 1.29 is 5.11 Å². The van der Waals surface area contributed by atoms with Gasteiger partial charge in [0.2, 0.25) is 0 Å². The standard InChI is InChI=1S/C12H10ClN3O2/c13-7-2-1-3-8-9(7)10-11(15-8)12(18)16(4-5-17)6-14-10/h1-3,6,15,17H,4-5H2. The first-order valence-electron chi connectivity index (χ1n) is 5.48. The zero-order valence-electron chi connectivity index (χ0n) is 9.35. The Kier molecular flexibility index (Phi) is 2.57. The van der Waals surface area contributed by atoms with Gasteiger partial charge in [0.05, 0.1) is 24.5 Å². The zero-order chi connectivity index (χ0) is 12.7. The molecule has 0 aliphatic rings. The fraction of sp³-hybridized carbons (Fsp3) is 0.167. The summed E-state index contributed by atoms with van der Waals surface area (Å²) in [5.74, 6) is 0. The third-order valence-corrected chi connectivity index (χ3v) is 3.20. The number of halogens is 1. The molecular weight excluding hydrogens is 254 g/mol. The largest absolute Gasteiger partial charge is 0.395 e. The van der Waals surface area contributed by atoms with Crippen LogP contribution in [0.25, 0.3) is 21.9 Å². The summed E-state index contributed by atoms with van der Waals surface area (Å²) in [7, 11) is 0. The van der Waals surface area contributed by atoms with Crippen LogP contribution in [-0.2, 0) is 6.54 Å². The number of rotatable bonds is 2. The molecule has 0 bridgehead atoms. The summed E-state index contributed by atoms with van der Waals surface area (Å²) in [6.07, 6.45) is 1.43. The predicted octanol–water partition coefficient (Wildman–Crippen LogP) is 1.52. The fourth-order valence-corrected chi connectivity index (χ4v) is 2.33. The fourth-order valence-electron chi connectivity index (χ4n) is 2.06. The third-order valence-electron chi connectivity index (χ3n) is 2.89. The average Bonchev–Trinajstić information content (AvgIpc) is 2.74. The van der Waals surface area contributed by atoms with E-state index in [0.717, 1.165) is 10.9 Å². The molecule has 5 nitrogen and oxygen atoms in total. The lowest BCUT2D eigenvalue weighted by atomic mass is 10.2. The number of nitrogens with zero attached hydrogens (tertiary/aromatic N) is 2. The van der Waals surface area contributed by atoms with Crippen LogP contribution in [0.2, 0.25) is 5.02 Å². The maximum Gasteiger partial charge on any atom is 0.277 e. The molecule has 0 unspecified atom stereocenters. The molecule has 0 saturated heterocycles. The SMILES string of the molecule is O=c1c2[nH]c3cccc(Cl)c3c2ncn1CCO. The summed E-state index contributed by atoms with van der Waals surface area (Å²) in [4.78, 5) is 19.4. The van der Waals surface area contributed by atoms with E-state index in [2.05, 4.69) is 9.97 Å². The quantitative estimate of drug-likeness (QED) is 0.736. The molecule has 6 heteroatoms. The second-order valence-corrected chi connectivity index (χ2v) is 4.38. The van der Waals surface area contributed by atoms with Gasteiger partial charge in [-0.25, -0.2) is 4.98 Å². The topological polar surface area (TPSA) is 70.9 Å². The van der Waals surface area contributed by atoms with E-state index in [4.69, 9.17) is 16.7 Å². The summed E-state index contributed by atoms with van der Waals surface area (Å²) in [5.41, 5.74) is 1.55. The van der Waals surface area contributed by atoms with Crippen molar-refractivity contribution in [3.63, 3.8) is 0 Å². The average molecular weight is 264 g/mol. The summed E-state index contributed by atoms with van der Waals surface area (Å²) in [5, 5.41) is 10.2. The monoisotopic (exact) mass is 263 g/mol. The molecule has 2 heterocycles. The van der Waals surface area contributed by atoms with E-state index in [0.29, 0.717) is 16.1 Å². The number of fused-ring (bicyclic) bond motifs is 3. The summed E-state index contributed by atoms with van der Waals surface area (Å²) in [6, 6.07) is 5.42. The van der Waals surface area contributed by atoms with Crippen molar-refractivity contribution in [2.75, 3.05) is 6.61 Å². The normalized spacial score (nSPS) is 11.4. The Labute approximate surface area is 107 Å². The van der Waals surface area contributed by atoms with Gasteiger partial charge in [0.15, 0.2) is 0 Å². The zero-order valence-corrected chi connectivity index (χ0v) is 10.1. The lowest BCUT2D eigenvalue weighted by molar-refractivity contribution is 0.274. The highest BCUT2D eigenvalue weighted by Crippen LogP contribution is 2.28. The number of aliphatic hydroxyl groups is 1. The molecule has 0 saturated carbocycles. The molecular formula is C12H10ClN3O2. The molecule has 18 heavy (non-hydrogen) atoms. The van der Waals surface area contributed by atoms with Gasteiger partial charge >= 0.3 is 0 Å². The first-order valence-corrected chi connectivity index (χ1v) is 5.86. The first kappa shape index (κ1) is 11.3. The van der Waals surface area contributed by atoms with Gasteiger partial charge in [0, 0.05) is 10.9 Å². The Morgan fingerprint density at radius 1 is 1.44 bits per heavy atom.